The molecular weight excluding hydrogens is 371 g/mol. The summed E-state index contributed by atoms with van der Waals surface area (Å²) in [6.07, 6.45) is 1.42. The Labute approximate surface area is 154 Å². The second-order valence-corrected chi connectivity index (χ2v) is 9.65. The maximum Gasteiger partial charge on any atom is 0.416 e. The van der Waals surface area contributed by atoms with Crippen molar-refractivity contribution in [2.24, 2.45) is 11.8 Å². The van der Waals surface area contributed by atoms with Gasteiger partial charge in [-0.15, -0.1) is 23.5 Å². The number of piperidine rings is 1. The van der Waals surface area contributed by atoms with Crippen LogP contribution in [0, 0.1) is 11.8 Å². The molecule has 2 heterocycles. The van der Waals surface area contributed by atoms with Crippen molar-refractivity contribution in [3.05, 3.63) is 23.8 Å². The quantitative estimate of drug-likeness (QED) is 0.739. The van der Waals surface area contributed by atoms with Crippen molar-refractivity contribution in [2.45, 2.75) is 35.6 Å². The topological polar surface area (TPSA) is 38.3 Å². The van der Waals surface area contributed by atoms with Gasteiger partial charge in [-0.05, 0) is 25.3 Å². The number of rotatable bonds is 3. The number of alkyl halides is 3. The molecule has 3 rings (SSSR count). The summed E-state index contributed by atoms with van der Waals surface area (Å²) >= 11 is 3.79. The number of esters is 1. The average Bonchev–Trinajstić information content (AvgIpc) is 3.05. The molecule has 1 unspecified atom stereocenters. The van der Waals surface area contributed by atoms with E-state index in [2.05, 4.69) is 5.32 Å². The van der Waals surface area contributed by atoms with E-state index in [0.29, 0.717) is 12.8 Å². The fourth-order valence-corrected chi connectivity index (χ4v) is 7.52. The highest BCUT2D eigenvalue weighted by molar-refractivity contribution is 8.21. The summed E-state index contributed by atoms with van der Waals surface area (Å²) in [5.74, 6) is 1.85. The largest absolute Gasteiger partial charge is 0.469 e. The van der Waals surface area contributed by atoms with Crippen molar-refractivity contribution in [3.63, 3.8) is 0 Å². The number of allylic oxidation sites excluding steroid dienone is 3. The van der Waals surface area contributed by atoms with Gasteiger partial charge in [0, 0.05) is 23.5 Å². The van der Waals surface area contributed by atoms with E-state index >= 15 is 0 Å². The van der Waals surface area contributed by atoms with Crippen LogP contribution in [-0.4, -0.2) is 47.4 Å². The highest BCUT2D eigenvalue weighted by atomic mass is 32.2. The molecule has 0 amide bonds. The lowest BCUT2D eigenvalue weighted by Gasteiger charge is -2.47. The Morgan fingerprint density at radius 3 is 2.68 bits per heavy atom. The van der Waals surface area contributed by atoms with Crippen molar-refractivity contribution in [1.29, 1.82) is 0 Å². The van der Waals surface area contributed by atoms with Gasteiger partial charge in [0.2, 0.25) is 0 Å². The van der Waals surface area contributed by atoms with Crippen molar-refractivity contribution < 1.29 is 22.7 Å². The molecule has 140 valence electrons. The molecule has 1 N–H and O–H groups in total. The maximum atomic E-state index is 12.8. The van der Waals surface area contributed by atoms with Crippen LogP contribution >= 0.6 is 23.5 Å². The van der Waals surface area contributed by atoms with Gasteiger partial charge in [0.25, 0.3) is 0 Å². The maximum absolute atomic E-state index is 12.8. The molecule has 3 atom stereocenters. The minimum absolute atomic E-state index is 0.0202. The van der Waals surface area contributed by atoms with Gasteiger partial charge in [-0.2, -0.15) is 13.2 Å². The molecule has 2 fully saturated rings. The number of nitrogens with one attached hydrogen (secondary N) is 1. The zero-order valence-electron chi connectivity index (χ0n) is 14.0. The van der Waals surface area contributed by atoms with E-state index in [0.717, 1.165) is 24.5 Å². The van der Waals surface area contributed by atoms with Crippen LogP contribution in [0.3, 0.4) is 0 Å². The highest BCUT2D eigenvalue weighted by Gasteiger charge is 2.51. The van der Waals surface area contributed by atoms with Crippen LogP contribution in [0.15, 0.2) is 23.8 Å². The summed E-state index contributed by atoms with van der Waals surface area (Å²) in [6.45, 7) is 0.822. The molecule has 25 heavy (non-hydrogen) atoms. The van der Waals surface area contributed by atoms with Gasteiger partial charge in [0.15, 0.2) is 0 Å². The summed E-state index contributed by atoms with van der Waals surface area (Å²) in [7, 11) is 1.38. The fraction of sp³-hybridized carbons (Fsp3) is 0.706. The lowest BCUT2D eigenvalue weighted by atomic mass is 9.77. The molecule has 0 bridgehead atoms. The first kappa shape index (κ1) is 19.2. The number of thioether (sulfide) groups is 2. The number of methoxy groups -OCH3 is 1. The second-order valence-electron chi connectivity index (χ2n) is 6.54. The van der Waals surface area contributed by atoms with Crippen molar-refractivity contribution in [1.82, 2.24) is 5.32 Å². The molecule has 2 aliphatic heterocycles. The standard InChI is InChI=1S/C17H22F3NO2S2/c1-23-14(22)10-13-15(21-7-6-16(13)24-8-9-25-16)11-2-4-12(5-3-11)17(18,19)20/h2,4-5,11,13,15,21H,3,6-10H2,1H3/t11?,13-,15-/m0/s1. The molecule has 3 aliphatic rings. The first-order chi connectivity index (χ1) is 11.9. The summed E-state index contributed by atoms with van der Waals surface area (Å²) in [4.78, 5) is 12.0. The van der Waals surface area contributed by atoms with Crippen molar-refractivity contribution >= 4 is 29.5 Å². The van der Waals surface area contributed by atoms with E-state index in [4.69, 9.17) is 4.74 Å². The minimum atomic E-state index is -4.30. The minimum Gasteiger partial charge on any atom is -0.469 e. The molecule has 8 heteroatoms. The summed E-state index contributed by atoms with van der Waals surface area (Å²) < 4.78 is 43.4. The number of halogens is 3. The zero-order chi connectivity index (χ0) is 18.1. The lowest BCUT2D eigenvalue weighted by Crippen LogP contribution is -2.56. The lowest BCUT2D eigenvalue weighted by molar-refractivity contribution is -0.142. The predicted molar refractivity (Wildman–Crippen MR) is 95.6 cm³/mol. The van der Waals surface area contributed by atoms with E-state index in [1.807, 2.05) is 23.5 Å². The second kappa shape index (κ2) is 7.56. The van der Waals surface area contributed by atoms with Crippen LogP contribution in [0.1, 0.15) is 19.3 Å². The summed E-state index contributed by atoms with van der Waals surface area (Å²) in [6, 6.07) is -0.0202. The Bertz CT molecular complexity index is 571. The molecule has 0 aromatic heterocycles. The third-order valence-electron chi connectivity index (χ3n) is 5.16. The molecule has 0 aromatic carbocycles. The number of carbonyl (C=O) groups excluding carboxylic acids is 1. The van der Waals surface area contributed by atoms with Gasteiger partial charge in [-0.3, -0.25) is 4.79 Å². The van der Waals surface area contributed by atoms with E-state index in [1.54, 1.807) is 6.08 Å². The van der Waals surface area contributed by atoms with Crippen LogP contribution in [0.5, 0.6) is 0 Å². The van der Waals surface area contributed by atoms with Gasteiger partial charge < -0.3 is 10.1 Å². The molecular formula is C17H22F3NO2S2. The smallest absolute Gasteiger partial charge is 0.416 e. The number of carbonyl (C=O) groups is 1. The van der Waals surface area contributed by atoms with Crippen molar-refractivity contribution in [3.8, 4) is 0 Å². The van der Waals surface area contributed by atoms with E-state index in [9.17, 15) is 18.0 Å². The summed E-state index contributed by atoms with van der Waals surface area (Å²) in [5, 5.41) is 3.48. The Kier molecular flexibility index (Phi) is 5.80. The molecule has 3 nitrogen and oxygen atoms in total. The summed E-state index contributed by atoms with van der Waals surface area (Å²) in [5.41, 5.74) is -0.580. The molecule has 0 aromatic rings. The Hall–Kier alpha value is -0.600. The third-order valence-corrected chi connectivity index (χ3v) is 8.94. The molecule has 0 radical (unpaired) electrons. The normalized spacial score (nSPS) is 31.8. The monoisotopic (exact) mass is 393 g/mol. The van der Waals surface area contributed by atoms with Crippen LogP contribution in [0.25, 0.3) is 0 Å². The average molecular weight is 393 g/mol. The Morgan fingerprint density at radius 1 is 1.40 bits per heavy atom. The first-order valence-electron chi connectivity index (χ1n) is 8.39. The first-order valence-corrected chi connectivity index (χ1v) is 10.4. The van der Waals surface area contributed by atoms with Crippen LogP contribution in [0.4, 0.5) is 13.2 Å². The molecule has 1 spiro atoms. The Morgan fingerprint density at radius 2 is 2.12 bits per heavy atom. The Balaban J connectivity index is 1.80. The van der Waals surface area contributed by atoms with Crippen molar-refractivity contribution in [2.75, 3.05) is 25.2 Å². The predicted octanol–water partition coefficient (Wildman–Crippen LogP) is 3.77. The molecule has 1 aliphatic carbocycles. The van der Waals surface area contributed by atoms with Crippen LogP contribution in [-0.2, 0) is 9.53 Å². The zero-order valence-corrected chi connectivity index (χ0v) is 15.6. The fourth-order valence-electron chi connectivity index (χ4n) is 3.95. The number of ether oxygens (including phenoxy) is 1. The molecule has 2 saturated heterocycles. The number of hydrogen-bond acceptors (Lipinski definition) is 5. The van der Waals surface area contributed by atoms with Gasteiger partial charge in [-0.25, -0.2) is 0 Å². The van der Waals surface area contributed by atoms with E-state index in [-0.39, 0.29) is 27.9 Å². The molecule has 0 saturated carbocycles. The third kappa shape index (κ3) is 4.06. The van der Waals surface area contributed by atoms with E-state index in [1.165, 1.54) is 19.3 Å². The van der Waals surface area contributed by atoms with E-state index < -0.39 is 11.7 Å². The van der Waals surface area contributed by atoms with Crippen LogP contribution in [0.2, 0.25) is 0 Å². The van der Waals surface area contributed by atoms with Gasteiger partial charge in [0.05, 0.1) is 23.2 Å². The van der Waals surface area contributed by atoms with Gasteiger partial charge in [-0.1, -0.05) is 18.2 Å². The SMILES string of the molecule is COC(=O)C[C@H]1[C@H](C2C=CC(C(F)(F)F)=CC2)NCCC12SCCS2. The highest BCUT2D eigenvalue weighted by Crippen LogP contribution is 2.56. The van der Waals surface area contributed by atoms with Gasteiger partial charge in [0.1, 0.15) is 0 Å². The number of hydrogen-bond donors (Lipinski definition) is 1. The van der Waals surface area contributed by atoms with Gasteiger partial charge >= 0.3 is 12.1 Å². The van der Waals surface area contributed by atoms with Crippen LogP contribution < -0.4 is 5.32 Å².